The molecule has 5 nitrogen and oxygen atoms in total. The maximum atomic E-state index is 14.5. The van der Waals surface area contributed by atoms with Crippen LogP contribution in [0.15, 0.2) is 69.8 Å². The summed E-state index contributed by atoms with van der Waals surface area (Å²) in [6.45, 7) is 7.65. The highest BCUT2D eigenvalue weighted by Gasteiger charge is 2.22. The number of para-hydroxylation sites is 1. The van der Waals surface area contributed by atoms with E-state index in [0.717, 1.165) is 36.0 Å². The molecule has 1 aliphatic heterocycles. The Kier molecular flexibility index (Phi) is 8.04. The van der Waals surface area contributed by atoms with Crippen LogP contribution >= 0.6 is 0 Å². The first-order valence-corrected chi connectivity index (χ1v) is 10.9. The molecule has 168 valence electrons. The van der Waals surface area contributed by atoms with Crippen molar-refractivity contribution in [3.05, 3.63) is 65.5 Å². The van der Waals surface area contributed by atoms with Gasteiger partial charge in [-0.25, -0.2) is 19.4 Å². The number of halogens is 1. The molecule has 0 unspecified atom stereocenters. The Morgan fingerprint density at radius 1 is 1.06 bits per heavy atom. The molecule has 0 saturated heterocycles. The molecule has 4 rings (SSSR count). The summed E-state index contributed by atoms with van der Waals surface area (Å²) in [4.78, 5) is 13.7. The average molecular weight is 442 g/mol. The summed E-state index contributed by atoms with van der Waals surface area (Å²) in [6.07, 6.45) is 11.8. The van der Waals surface area contributed by atoms with Crippen molar-refractivity contribution < 1.29 is 4.39 Å². The summed E-state index contributed by atoms with van der Waals surface area (Å²) in [5.74, 6) is 0.714. The molecular formula is C27H28FN5. The molecule has 3 aromatic rings. The van der Waals surface area contributed by atoms with Crippen LogP contribution in [0.3, 0.4) is 0 Å². The lowest BCUT2D eigenvalue weighted by molar-refractivity contribution is 0.630. The number of anilines is 1. The average Bonchev–Trinajstić information content (AvgIpc) is 2.84. The van der Waals surface area contributed by atoms with Crippen molar-refractivity contribution in [3.63, 3.8) is 0 Å². The molecule has 33 heavy (non-hydrogen) atoms. The van der Waals surface area contributed by atoms with E-state index in [-0.39, 0.29) is 5.82 Å². The van der Waals surface area contributed by atoms with E-state index in [1.165, 1.54) is 17.2 Å². The van der Waals surface area contributed by atoms with Crippen LogP contribution < -0.4 is 5.01 Å². The van der Waals surface area contributed by atoms with E-state index in [1.807, 2.05) is 49.3 Å². The van der Waals surface area contributed by atoms with Gasteiger partial charge < -0.3 is 0 Å². The van der Waals surface area contributed by atoms with Crippen molar-refractivity contribution >= 4 is 28.6 Å². The van der Waals surface area contributed by atoms with Crippen molar-refractivity contribution in [2.45, 2.75) is 33.6 Å². The first kappa shape index (κ1) is 23.8. The van der Waals surface area contributed by atoms with Gasteiger partial charge in [0, 0.05) is 11.9 Å². The van der Waals surface area contributed by atoms with Crippen molar-refractivity contribution in [2.24, 2.45) is 10.1 Å². The molecule has 6 heteroatoms. The number of fused-ring (bicyclic) bond motifs is 1. The van der Waals surface area contributed by atoms with Crippen molar-refractivity contribution in [2.75, 3.05) is 18.1 Å². The van der Waals surface area contributed by atoms with Gasteiger partial charge in [-0.1, -0.05) is 24.3 Å². The van der Waals surface area contributed by atoms with Gasteiger partial charge in [0.25, 0.3) is 0 Å². The van der Waals surface area contributed by atoms with E-state index < -0.39 is 0 Å². The van der Waals surface area contributed by atoms with Crippen LogP contribution in [0.2, 0.25) is 0 Å². The van der Waals surface area contributed by atoms with E-state index in [4.69, 9.17) is 10.1 Å². The number of aromatic nitrogens is 2. The molecule has 0 atom stereocenters. The molecule has 2 aromatic carbocycles. The predicted molar refractivity (Wildman–Crippen MR) is 136 cm³/mol. The van der Waals surface area contributed by atoms with Gasteiger partial charge in [0.2, 0.25) is 0 Å². The maximum Gasteiger partial charge on any atom is 0.165 e. The number of terminal acetylenes is 1. The van der Waals surface area contributed by atoms with Gasteiger partial charge in [0.05, 0.1) is 23.3 Å². The monoisotopic (exact) mass is 441 g/mol. The van der Waals surface area contributed by atoms with Crippen LogP contribution in [0.5, 0.6) is 0 Å². The lowest BCUT2D eigenvalue weighted by Crippen LogP contribution is -2.28. The van der Waals surface area contributed by atoms with E-state index in [9.17, 15) is 4.39 Å². The Labute approximate surface area is 194 Å². The Balaban J connectivity index is 0.00000149. The number of hydrogen-bond acceptors (Lipinski definition) is 5. The zero-order valence-electron chi connectivity index (χ0n) is 19.3. The zero-order valence-corrected chi connectivity index (χ0v) is 19.3. The Morgan fingerprint density at radius 3 is 2.52 bits per heavy atom. The van der Waals surface area contributed by atoms with Crippen molar-refractivity contribution in [3.8, 4) is 24.2 Å². The molecule has 1 aliphatic rings. The summed E-state index contributed by atoms with van der Waals surface area (Å²) >= 11 is 0. The molecule has 0 radical (unpaired) electrons. The lowest BCUT2D eigenvalue weighted by atomic mass is 9.99. The smallest absolute Gasteiger partial charge is 0.165 e. The van der Waals surface area contributed by atoms with Crippen LogP contribution in [-0.2, 0) is 0 Å². The van der Waals surface area contributed by atoms with Gasteiger partial charge in [0.1, 0.15) is 5.82 Å². The van der Waals surface area contributed by atoms with Gasteiger partial charge in [-0.05, 0) is 75.2 Å². The van der Waals surface area contributed by atoms with Crippen LogP contribution in [0.1, 0.15) is 33.6 Å². The van der Waals surface area contributed by atoms with E-state index in [1.54, 1.807) is 18.2 Å². The third-order valence-corrected chi connectivity index (χ3v) is 5.39. The number of benzene rings is 2. The van der Waals surface area contributed by atoms with Crippen LogP contribution in [-0.4, -0.2) is 35.0 Å². The first-order valence-electron chi connectivity index (χ1n) is 10.9. The highest BCUT2D eigenvalue weighted by molar-refractivity contribution is 6.01. The fourth-order valence-corrected chi connectivity index (χ4v) is 3.87. The number of allylic oxidation sites excluding steroid dienone is 1. The Morgan fingerprint density at radius 2 is 1.79 bits per heavy atom. The molecule has 0 amide bonds. The summed E-state index contributed by atoms with van der Waals surface area (Å²) in [5.41, 5.74) is 4.65. The first-order chi connectivity index (χ1) is 16.1. The second-order valence-corrected chi connectivity index (χ2v) is 7.59. The molecule has 2 heterocycles. The van der Waals surface area contributed by atoms with E-state index in [0.29, 0.717) is 23.8 Å². The van der Waals surface area contributed by atoms with Gasteiger partial charge >= 0.3 is 0 Å². The zero-order chi connectivity index (χ0) is 23.8. The standard InChI is InChI=1S/C25H26FN5.C2H2/c1-4-27-15-9-12-19-17(2)16-31(30-18(19)3)25-21-11-6-8-14-23(21)28-24(29-25)20-10-5-7-13-22(20)26;1-2/h5-8,10-11,13-15H,4,9,12,16H2,1-3H3;1-2H. The van der Waals surface area contributed by atoms with Crippen molar-refractivity contribution in [1.29, 1.82) is 0 Å². The SMILES string of the molecule is C#C.CCN=CCCC1=C(C)CN(c2nc(-c3ccccc3F)nc3ccccc23)N=C1C. The quantitative estimate of drug-likeness (QED) is 0.345. The van der Waals surface area contributed by atoms with E-state index in [2.05, 4.69) is 29.7 Å². The van der Waals surface area contributed by atoms with Gasteiger partial charge in [-0.15, -0.1) is 12.8 Å². The molecule has 1 aromatic heterocycles. The third kappa shape index (κ3) is 5.32. The maximum absolute atomic E-state index is 14.5. The second-order valence-electron chi connectivity index (χ2n) is 7.59. The van der Waals surface area contributed by atoms with Gasteiger partial charge in [-0.2, -0.15) is 5.10 Å². The molecule has 0 saturated carbocycles. The number of aliphatic imine (C=N–C) groups is 1. The molecule has 0 spiro atoms. The molecule has 0 aliphatic carbocycles. The van der Waals surface area contributed by atoms with Crippen LogP contribution in [0, 0.1) is 18.7 Å². The normalized spacial score (nSPS) is 13.8. The Bertz CT molecular complexity index is 1240. The summed E-state index contributed by atoms with van der Waals surface area (Å²) in [7, 11) is 0. The summed E-state index contributed by atoms with van der Waals surface area (Å²) in [5, 5.41) is 7.65. The fourth-order valence-electron chi connectivity index (χ4n) is 3.87. The van der Waals surface area contributed by atoms with Gasteiger partial charge in [0.15, 0.2) is 11.6 Å². The van der Waals surface area contributed by atoms with Crippen LogP contribution in [0.4, 0.5) is 10.2 Å². The van der Waals surface area contributed by atoms with Crippen molar-refractivity contribution in [1.82, 2.24) is 9.97 Å². The number of rotatable bonds is 6. The minimum atomic E-state index is -0.339. The number of hydrogen-bond donors (Lipinski definition) is 0. The molecule has 0 bridgehead atoms. The largest absolute Gasteiger partial charge is 0.298 e. The molecule has 0 fully saturated rings. The molecular weight excluding hydrogens is 413 g/mol. The predicted octanol–water partition coefficient (Wildman–Crippen LogP) is 6.07. The lowest BCUT2D eigenvalue weighted by Gasteiger charge is -2.27. The topological polar surface area (TPSA) is 53.7 Å². The minimum Gasteiger partial charge on any atom is -0.298 e. The molecule has 0 N–H and O–H groups in total. The van der Waals surface area contributed by atoms with E-state index >= 15 is 0 Å². The second kappa shape index (κ2) is 11.1. The highest BCUT2D eigenvalue weighted by atomic mass is 19.1. The summed E-state index contributed by atoms with van der Waals surface area (Å²) < 4.78 is 14.5. The summed E-state index contributed by atoms with van der Waals surface area (Å²) in [6, 6.07) is 14.4. The fraction of sp³-hybridized carbons (Fsp3) is 0.259. The highest BCUT2D eigenvalue weighted by Crippen LogP contribution is 2.31. The number of nitrogens with zero attached hydrogens (tertiary/aromatic N) is 5. The number of hydrazone groups is 1. The third-order valence-electron chi connectivity index (χ3n) is 5.39. The minimum absolute atomic E-state index is 0.339. The van der Waals surface area contributed by atoms with Gasteiger partial charge in [-0.3, -0.25) is 4.99 Å². The Hall–Kier alpha value is -3.85. The van der Waals surface area contributed by atoms with Crippen LogP contribution in [0.25, 0.3) is 22.3 Å².